The minimum absolute atomic E-state index is 0.158. The Hall–Kier alpha value is -3.27. The zero-order chi connectivity index (χ0) is 22.2. The summed E-state index contributed by atoms with van der Waals surface area (Å²) in [6.45, 7) is 0.158. The van der Waals surface area contributed by atoms with Crippen LogP contribution in [0.1, 0.15) is 22.0 Å². The number of fused-ring (bicyclic) bond motifs is 2. The molecule has 8 nitrogen and oxygen atoms in total. The Morgan fingerprint density at radius 3 is 2.88 bits per heavy atom. The lowest BCUT2D eigenvalue weighted by atomic mass is 9.92. The molecule has 0 aliphatic rings. The second kappa shape index (κ2) is 8.34. The highest BCUT2D eigenvalue weighted by molar-refractivity contribution is 9.10. The largest absolute Gasteiger partial charge is 0.344 e. The number of carbonyl (C=O) groups is 1. The van der Waals surface area contributed by atoms with Crippen molar-refractivity contribution >= 4 is 50.0 Å². The van der Waals surface area contributed by atoms with E-state index in [4.69, 9.17) is 17.3 Å². The predicted molar refractivity (Wildman–Crippen MR) is 126 cm³/mol. The van der Waals surface area contributed by atoms with E-state index in [-0.39, 0.29) is 12.5 Å². The van der Waals surface area contributed by atoms with Crippen molar-refractivity contribution in [2.24, 2.45) is 5.73 Å². The average molecular weight is 511 g/mol. The number of hydrogen-bond donors (Lipinski definition) is 3. The predicted octanol–water partition coefficient (Wildman–Crippen LogP) is 4.12. The van der Waals surface area contributed by atoms with Gasteiger partial charge in [0, 0.05) is 24.5 Å². The summed E-state index contributed by atoms with van der Waals surface area (Å²) < 4.78 is 2.23. The van der Waals surface area contributed by atoms with Crippen LogP contribution >= 0.6 is 27.5 Å². The number of carbonyl (C=O) groups excluding carboxylic acids is 1. The van der Waals surface area contributed by atoms with E-state index in [1.807, 2.05) is 36.4 Å². The lowest BCUT2D eigenvalue weighted by Gasteiger charge is -2.21. The van der Waals surface area contributed by atoms with E-state index in [1.54, 1.807) is 23.0 Å². The van der Waals surface area contributed by atoms with Gasteiger partial charge in [-0.05, 0) is 39.2 Å². The van der Waals surface area contributed by atoms with Crippen LogP contribution in [0.3, 0.4) is 0 Å². The molecule has 2 aromatic carbocycles. The molecule has 1 atom stereocenters. The molecule has 0 aliphatic heterocycles. The molecule has 3 aromatic heterocycles. The number of aromatic amines is 1. The molecule has 4 N–H and O–H groups in total. The van der Waals surface area contributed by atoms with Crippen molar-refractivity contribution < 1.29 is 4.79 Å². The molecule has 5 rings (SSSR count). The summed E-state index contributed by atoms with van der Waals surface area (Å²) in [5.41, 5.74) is 10.2. The van der Waals surface area contributed by atoms with Gasteiger partial charge in [0.05, 0.1) is 22.6 Å². The highest BCUT2D eigenvalue weighted by Crippen LogP contribution is 2.40. The van der Waals surface area contributed by atoms with E-state index in [1.165, 1.54) is 6.20 Å². The number of nitrogens with one attached hydrogen (secondary N) is 2. The Balaban J connectivity index is 1.63. The molecule has 0 aliphatic carbocycles. The summed E-state index contributed by atoms with van der Waals surface area (Å²) in [5.74, 6) is -0.326. The first-order valence-corrected chi connectivity index (χ1v) is 11.0. The summed E-state index contributed by atoms with van der Waals surface area (Å²) >= 11 is 10.1. The van der Waals surface area contributed by atoms with E-state index in [2.05, 4.69) is 41.5 Å². The molecular weight excluding hydrogens is 494 g/mol. The van der Waals surface area contributed by atoms with Gasteiger partial charge in [-0.15, -0.1) is 0 Å². The molecule has 0 bridgehead atoms. The fraction of sp³-hybridized carbons (Fsp3) is 0.0909. The van der Waals surface area contributed by atoms with Crippen LogP contribution in [-0.4, -0.2) is 37.2 Å². The summed E-state index contributed by atoms with van der Waals surface area (Å²) in [6.07, 6.45) is 4.84. The van der Waals surface area contributed by atoms with Crippen LogP contribution in [0.5, 0.6) is 0 Å². The summed E-state index contributed by atoms with van der Waals surface area (Å²) in [6, 6.07) is 12.9. The van der Waals surface area contributed by atoms with Crippen LogP contribution in [0.2, 0.25) is 5.02 Å². The monoisotopic (exact) mass is 509 g/mol. The number of amides is 1. The second-order valence-electron chi connectivity index (χ2n) is 7.16. The molecule has 160 valence electrons. The maximum absolute atomic E-state index is 13.1. The van der Waals surface area contributed by atoms with Gasteiger partial charge in [0.1, 0.15) is 15.7 Å². The lowest BCUT2D eigenvalue weighted by molar-refractivity contribution is 0.0939. The summed E-state index contributed by atoms with van der Waals surface area (Å²) in [5, 5.41) is 15.9. The molecule has 32 heavy (non-hydrogen) atoms. The minimum atomic E-state index is -0.520. The molecule has 3 heterocycles. The highest BCUT2D eigenvalue weighted by Gasteiger charge is 2.25. The van der Waals surface area contributed by atoms with E-state index in [0.717, 1.165) is 22.1 Å². The van der Waals surface area contributed by atoms with Crippen molar-refractivity contribution in [1.82, 2.24) is 30.1 Å². The topological polar surface area (TPSA) is 114 Å². The Morgan fingerprint density at radius 1 is 1.28 bits per heavy atom. The van der Waals surface area contributed by atoms with Gasteiger partial charge in [-0.25, -0.2) is 9.50 Å². The van der Waals surface area contributed by atoms with Gasteiger partial charge in [0.2, 0.25) is 0 Å². The van der Waals surface area contributed by atoms with E-state index >= 15 is 0 Å². The normalized spacial score (nSPS) is 12.3. The van der Waals surface area contributed by atoms with E-state index < -0.39 is 6.04 Å². The fourth-order valence-corrected chi connectivity index (χ4v) is 4.71. The standard InChI is InChI=1S/C22H17BrClN7O/c23-20-18-15(24)9-13(17(19(18)29-30-20)12-5-2-1-3-6-12)16(10-25)28-22(32)14-11-27-31-8-4-7-26-21(14)31/h1-9,11,16H,10,25H2,(H,28,32)(H,29,30). The Labute approximate surface area is 195 Å². The number of H-pyrrole nitrogens is 1. The third kappa shape index (κ3) is 3.44. The van der Waals surface area contributed by atoms with Crippen molar-refractivity contribution in [3.8, 4) is 11.1 Å². The molecular formula is C22H17BrClN7O. The summed E-state index contributed by atoms with van der Waals surface area (Å²) in [7, 11) is 0. The molecule has 0 saturated carbocycles. The van der Waals surface area contributed by atoms with Crippen LogP contribution in [-0.2, 0) is 0 Å². The van der Waals surface area contributed by atoms with Crippen molar-refractivity contribution in [2.75, 3.05) is 6.54 Å². The van der Waals surface area contributed by atoms with Crippen LogP contribution in [0.25, 0.3) is 27.7 Å². The van der Waals surface area contributed by atoms with Crippen molar-refractivity contribution in [2.45, 2.75) is 6.04 Å². The molecule has 0 saturated heterocycles. The van der Waals surface area contributed by atoms with E-state index in [9.17, 15) is 4.79 Å². The van der Waals surface area contributed by atoms with Crippen LogP contribution < -0.4 is 11.1 Å². The second-order valence-corrected chi connectivity index (χ2v) is 8.36. The number of rotatable bonds is 5. The smallest absolute Gasteiger partial charge is 0.257 e. The number of nitrogens with two attached hydrogens (primary N) is 1. The average Bonchev–Trinajstić information content (AvgIpc) is 3.42. The maximum Gasteiger partial charge on any atom is 0.257 e. The number of benzene rings is 2. The molecule has 0 radical (unpaired) electrons. The quantitative estimate of drug-likeness (QED) is 0.329. The number of aromatic nitrogens is 5. The van der Waals surface area contributed by atoms with Gasteiger partial charge in [-0.3, -0.25) is 9.89 Å². The SMILES string of the molecule is NCC(NC(=O)c1cnn2cccnc12)c1cc(Cl)c2c(Br)[nH]nc2c1-c1ccccc1. The van der Waals surface area contributed by atoms with Gasteiger partial charge in [0.15, 0.2) is 5.65 Å². The maximum atomic E-state index is 13.1. The van der Waals surface area contributed by atoms with Crippen molar-refractivity contribution in [3.63, 3.8) is 0 Å². The first-order valence-electron chi connectivity index (χ1n) is 9.79. The minimum Gasteiger partial charge on any atom is -0.344 e. The first kappa shape index (κ1) is 20.6. The third-order valence-corrected chi connectivity index (χ3v) is 6.14. The number of nitrogens with zero attached hydrogens (tertiary/aromatic N) is 4. The zero-order valence-corrected chi connectivity index (χ0v) is 18.9. The number of hydrogen-bond acceptors (Lipinski definition) is 5. The Kier molecular flexibility index (Phi) is 5.38. The van der Waals surface area contributed by atoms with E-state index in [0.29, 0.717) is 26.4 Å². The zero-order valence-electron chi connectivity index (χ0n) is 16.6. The van der Waals surface area contributed by atoms with Crippen molar-refractivity contribution in [1.29, 1.82) is 0 Å². The Morgan fingerprint density at radius 2 is 2.09 bits per heavy atom. The van der Waals surface area contributed by atoms with Gasteiger partial charge in [0.25, 0.3) is 5.91 Å². The van der Waals surface area contributed by atoms with Gasteiger partial charge < -0.3 is 11.1 Å². The highest BCUT2D eigenvalue weighted by atomic mass is 79.9. The molecule has 10 heteroatoms. The van der Waals surface area contributed by atoms with Gasteiger partial charge >= 0.3 is 0 Å². The van der Waals surface area contributed by atoms with Gasteiger partial charge in [-0.2, -0.15) is 10.2 Å². The molecule has 5 aromatic rings. The van der Waals surface area contributed by atoms with Gasteiger partial charge in [-0.1, -0.05) is 41.9 Å². The van der Waals surface area contributed by atoms with Crippen LogP contribution in [0.15, 0.2) is 65.7 Å². The fourth-order valence-electron chi connectivity index (χ4n) is 3.81. The molecule has 0 fully saturated rings. The molecule has 1 amide bonds. The van der Waals surface area contributed by atoms with Crippen molar-refractivity contribution in [3.05, 3.63) is 81.8 Å². The number of halogens is 2. The molecule has 0 spiro atoms. The third-order valence-electron chi connectivity index (χ3n) is 5.27. The Bertz CT molecular complexity index is 1450. The lowest BCUT2D eigenvalue weighted by Crippen LogP contribution is -2.33. The van der Waals surface area contributed by atoms with Crippen LogP contribution in [0, 0.1) is 0 Å². The first-order chi connectivity index (χ1) is 15.6. The molecule has 1 unspecified atom stereocenters. The van der Waals surface area contributed by atoms with Crippen LogP contribution in [0.4, 0.5) is 0 Å². The summed E-state index contributed by atoms with van der Waals surface area (Å²) in [4.78, 5) is 17.4.